The van der Waals surface area contributed by atoms with Crippen LogP contribution in [0.4, 0.5) is 5.69 Å². The first-order valence-corrected chi connectivity index (χ1v) is 19.2. The Kier molecular flexibility index (Phi) is 20.7. The highest BCUT2D eigenvalue weighted by Crippen LogP contribution is 2.28. The van der Waals surface area contributed by atoms with E-state index in [1.165, 1.54) is 26.0 Å². The van der Waals surface area contributed by atoms with Gasteiger partial charge in [0.05, 0.1) is 12.8 Å². The Balaban J connectivity index is 3.61. The lowest BCUT2D eigenvalue weighted by Gasteiger charge is -2.41. The Morgan fingerprint density at radius 3 is 1.78 bits per heavy atom. The van der Waals surface area contributed by atoms with Crippen LogP contribution in [-0.4, -0.2) is 122 Å². The molecule has 0 saturated heterocycles. The first-order chi connectivity index (χ1) is 27.3. The third-order valence-electron chi connectivity index (χ3n) is 8.89. The second-order valence-electron chi connectivity index (χ2n) is 16.1. The standard InChI is InChI=1S/C38H59BN6O14/c1-22(2)20-25(32(53)40-19-11-18-39(58)59)43-34(55)31(37(3,4)5)44-36(57)38(6,7)45(23-12-9-8-10-13-23)35(56)24(14-16-28(47)48)42-33(54)26(21-30(51)52)41-27(46)15-17-29(49)50/h8-10,12-13,22,24-26,31,58-59H,11,14-21H2,1-7H3,(H,40,53)(H,41,46)(H,42,54)(H,43,55)(H,44,57)(H,47,48)(H,49,50)(H,51,52)/t24-,25-,26-,31+/m0/s1. The second-order valence-corrected chi connectivity index (χ2v) is 16.1. The highest BCUT2D eigenvalue weighted by atomic mass is 16.4. The monoisotopic (exact) mass is 834 g/mol. The third kappa shape index (κ3) is 18.3. The average Bonchev–Trinajstić information content (AvgIpc) is 3.11. The maximum atomic E-state index is 14.6. The minimum absolute atomic E-state index is 0.0181. The highest BCUT2D eigenvalue weighted by molar-refractivity contribution is 6.40. The van der Waals surface area contributed by atoms with Gasteiger partial charge in [-0.1, -0.05) is 52.8 Å². The lowest BCUT2D eigenvalue weighted by Crippen LogP contribution is -2.66. The van der Waals surface area contributed by atoms with Crippen molar-refractivity contribution >= 4 is 66.2 Å². The number of rotatable bonds is 25. The molecular weight excluding hydrogens is 775 g/mol. The number of para-hydroxylation sites is 1. The molecular formula is C38H59BN6O14. The van der Waals surface area contributed by atoms with E-state index in [-0.39, 0.29) is 37.3 Å². The molecule has 0 fully saturated rings. The van der Waals surface area contributed by atoms with Crippen LogP contribution in [0.5, 0.6) is 0 Å². The fraction of sp³-hybridized carbons (Fsp3) is 0.605. The number of carboxylic acid groups (broad SMARTS) is 3. The molecule has 0 bridgehead atoms. The molecule has 6 amide bonds. The topological polar surface area (TPSA) is 318 Å². The van der Waals surface area contributed by atoms with Gasteiger partial charge in [0.25, 0.3) is 5.91 Å². The molecule has 0 radical (unpaired) electrons. The smallest absolute Gasteiger partial charge is 0.451 e. The number of benzene rings is 1. The Morgan fingerprint density at radius 2 is 1.27 bits per heavy atom. The minimum Gasteiger partial charge on any atom is -0.481 e. The van der Waals surface area contributed by atoms with Gasteiger partial charge >= 0.3 is 25.0 Å². The van der Waals surface area contributed by atoms with E-state index < -0.39 is 128 Å². The van der Waals surface area contributed by atoms with Crippen molar-refractivity contribution in [2.45, 2.75) is 129 Å². The van der Waals surface area contributed by atoms with Gasteiger partial charge in [0.15, 0.2) is 0 Å². The summed E-state index contributed by atoms with van der Waals surface area (Å²) in [6, 6.07) is 1.75. The van der Waals surface area contributed by atoms with Crippen LogP contribution in [0.15, 0.2) is 30.3 Å². The Morgan fingerprint density at radius 1 is 0.695 bits per heavy atom. The fourth-order valence-corrected chi connectivity index (χ4v) is 5.79. The van der Waals surface area contributed by atoms with Gasteiger partial charge in [0.1, 0.15) is 29.7 Å². The first kappa shape index (κ1) is 51.5. The highest BCUT2D eigenvalue weighted by Gasteiger charge is 2.45. The molecule has 20 nitrogen and oxygen atoms in total. The summed E-state index contributed by atoms with van der Waals surface area (Å²) in [7, 11) is -1.55. The Hall–Kier alpha value is -5.57. The summed E-state index contributed by atoms with van der Waals surface area (Å²) in [6.45, 7) is 11.5. The van der Waals surface area contributed by atoms with Crippen LogP contribution in [0.2, 0.25) is 6.32 Å². The molecule has 0 aliphatic rings. The summed E-state index contributed by atoms with van der Waals surface area (Å²) in [6.07, 6.45) is -2.94. The van der Waals surface area contributed by atoms with Gasteiger partial charge in [-0.15, -0.1) is 0 Å². The zero-order valence-electron chi connectivity index (χ0n) is 34.6. The number of aliphatic carboxylic acids is 3. The van der Waals surface area contributed by atoms with Crippen LogP contribution in [0.3, 0.4) is 0 Å². The van der Waals surface area contributed by atoms with Crippen LogP contribution in [0.1, 0.15) is 93.4 Å². The van der Waals surface area contributed by atoms with E-state index >= 15 is 0 Å². The van der Waals surface area contributed by atoms with Crippen LogP contribution in [-0.2, 0) is 43.2 Å². The molecule has 328 valence electrons. The number of anilines is 1. The van der Waals surface area contributed by atoms with E-state index in [0.29, 0.717) is 0 Å². The van der Waals surface area contributed by atoms with Crippen LogP contribution < -0.4 is 31.5 Å². The van der Waals surface area contributed by atoms with Crippen LogP contribution in [0, 0.1) is 11.3 Å². The molecule has 21 heteroatoms. The zero-order chi connectivity index (χ0) is 45.2. The van der Waals surface area contributed by atoms with Crippen molar-refractivity contribution in [1.29, 1.82) is 0 Å². The number of carboxylic acids is 3. The van der Waals surface area contributed by atoms with Crippen molar-refractivity contribution in [3.63, 3.8) is 0 Å². The number of carbonyl (C=O) groups excluding carboxylic acids is 6. The molecule has 10 N–H and O–H groups in total. The zero-order valence-corrected chi connectivity index (χ0v) is 34.6. The minimum atomic E-state index is -1.91. The van der Waals surface area contributed by atoms with Crippen molar-refractivity contribution in [2.75, 3.05) is 11.4 Å². The molecule has 0 unspecified atom stereocenters. The Bertz CT molecular complexity index is 1650. The molecule has 59 heavy (non-hydrogen) atoms. The molecule has 1 aromatic rings. The number of hydrogen-bond donors (Lipinski definition) is 10. The predicted octanol–water partition coefficient (Wildman–Crippen LogP) is 0.0130. The van der Waals surface area contributed by atoms with E-state index in [2.05, 4.69) is 26.6 Å². The van der Waals surface area contributed by atoms with E-state index in [1.807, 2.05) is 13.8 Å². The molecule has 1 aromatic carbocycles. The fourth-order valence-electron chi connectivity index (χ4n) is 5.79. The average molecular weight is 835 g/mol. The molecule has 0 aromatic heterocycles. The molecule has 1 rings (SSSR count). The third-order valence-corrected chi connectivity index (χ3v) is 8.89. The number of nitrogens with zero attached hydrogens (tertiary/aromatic N) is 1. The lowest BCUT2D eigenvalue weighted by atomic mass is 9.84. The normalized spacial score (nSPS) is 13.5. The second kappa shape index (κ2) is 23.7. The van der Waals surface area contributed by atoms with Crippen LogP contribution >= 0.6 is 0 Å². The first-order valence-electron chi connectivity index (χ1n) is 19.2. The van der Waals surface area contributed by atoms with Crippen molar-refractivity contribution in [3.05, 3.63) is 30.3 Å². The summed E-state index contributed by atoms with van der Waals surface area (Å²) in [5.41, 5.74) is -2.79. The van der Waals surface area contributed by atoms with E-state index in [9.17, 15) is 53.4 Å². The molecule has 4 atom stereocenters. The van der Waals surface area contributed by atoms with Crippen molar-refractivity contribution < 1.29 is 68.5 Å². The van der Waals surface area contributed by atoms with Gasteiger partial charge in [0, 0.05) is 25.1 Å². The largest absolute Gasteiger partial charge is 0.481 e. The Labute approximate surface area is 343 Å². The van der Waals surface area contributed by atoms with Gasteiger partial charge in [-0.2, -0.15) is 0 Å². The summed E-state index contributed by atoms with van der Waals surface area (Å²) >= 11 is 0. The molecule has 0 heterocycles. The predicted molar refractivity (Wildman–Crippen MR) is 213 cm³/mol. The van der Waals surface area contributed by atoms with E-state index in [0.717, 1.165) is 4.90 Å². The summed E-state index contributed by atoms with van der Waals surface area (Å²) in [4.78, 5) is 117. The van der Waals surface area contributed by atoms with Crippen molar-refractivity contribution in [1.82, 2.24) is 26.6 Å². The van der Waals surface area contributed by atoms with Gasteiger partial charge < -0.3 is 52.0 Å². The molecule has 0 saturated carbocycles. The summed E-state index contributed by atoms with van der Waals surface area (Å²) in [5, 5.41) is 58.6. The lowest BCUT2D eigenvalue weighted by molar-refractivity contribution is -0.142. The molecule has 0 spiro atoms. The quantitative estimate of drug-likeness (QED) is 0.0459. The summed E-state index contributed by atoms with van der Waals surface area (Å²) < 4.78 is 0. The van der Waals surface area contributed by atoms with Gasteiger partial charge in [-0.05, 0) is 62.9 Å². The van der Waals surface area contributed by atoms with Crippen LogP contribution in [0.25, 0.3) is 0 Å². The van der Waals surface area contributed by atoms with Crippen molar-refractivity contribution in [3.8, 4) is 0 Å². The SMILES string of the molecule is CC(C)C[C@H](NC(=O)[C@@H](NC(=O)C(C)(C)N(C(=O)[C@H](CCC(=O)O)NC(=O)[C@H](CC(=O)O)NC(=O)CCC(=O)O)c1ccccc1)C(C)(C)C)C(=O)NCCCB(O)O. The number of carbonyl (C=O) groups is 9. The maximum absolute atomic E-state index is 14.6. The number of amides is 6. The number of hydrogen-bond acceptors (Lipinski definition) is 11. The van der Waals surface area contributed by atoms with E-state index in [4.69, 9.17) is 15.2 Å². The van der Waals surface area contributed by atoms with Gasteiger partial charge in [0.2, 0.25) is 29.5 Å². The van der Waals surface area contributed by atoms with E-state index in [1.54, 1.807) is 39.0 Å². The maximum Gasteiger partial charge on any atom is 0.451 e. The molecule has 0 aliphatic heterocycles. The van der Waals surface area contributed by atoms with Gasteiger partial charge in [-0.3, -0.25) is 48.1 Å². The van der Waals surface area contributed by atoms with Gasteiger partial charge in [-0.25, -0.2) is 0 Å². The summed E-state index contributed by atoms with van der Waals surface area (Å²) in [5.74, 6) is -9.61. The molecule has 0 aliphatic carbocycles. The number of nitrogens with one attached hydrogen (secondary N) is 5. The van der Waals surface area contributed by atoms with Crippen molar-refractivity contribution in [2.24, 2.45) is 11.3 Å².